The van der Waals surface area contributed by atoms with Crippen molar-refractivity contribution in [1.29, 1.82) is 0 Å². The summed E-state index contributed by atoms with van der Waals surface area (Å²) in [7, 11) is 0. The number of amides is 2. The third-order valence-corrected chi connectivity index (χ3v) is 4.09. The van der Waals surface area contributed by atoms with Crippen molar-refractivity contribution in [2.75, 3.05) is 11.9 Å². The molecule has 2 aromatic carbocycles. The fraction of sp³-hybridized carbons (Fsp3) is 0.222. The monoisotopic (exact) mass is 364 g/mol. The highest BCUT2D eigenvalue weighted by Crippen LogP contribution is 2.22. The molecule has 2 N–H and O–H groups in total. The summed E-state index contributed by atoms with van der Waals surface area (Å²) in [6, 6.07) is 8.58. The lowest BCUT2D eigenvalue weighted by atomic mass is 10.1. The van der Waals surface area contributed by atoms with E-state index in [9.17, 15) is 9.59 Å². The van der Waals surface area contributed by atoms with Gasteiger partial charge in [-0.2, -0.15) is 0 Å². The van der Waals surface area contributed by atoms with E-state index in [0.29, 0.717) is 5.02 Å². The Morgan fingerprint density at radius 3 is 2.25 bits per heavy atom. The van der Waals surface area contributed by atoms with E-state index >= 15 is 0 Å². The molecule has 0 fully saturated rings. The van der Waals surface area contributed by atoms with Crippen LogP contribution in [-0.2, 0) is 4.79 Å². The number of halogens is 2. The van der Waals surface area contributed by atoms with Crippen LogP contribution in [0.3, 0.4) is 0 Å². The molecule has 0 saturated carbocycles. The maximum atomic E-state index is 12.1. The van der Waals surface area contributed by atoms with E-state index in [-0.39, 0.29) is 23.0 Å². The van der Waals surface area contributed by atoms with Crippen LogP contribution in [0.15, 0.2) is 30.3 Å². The van der Waals surface area contributed by atoms with Crippen LogP contribution in [0.5, 0.6) is 0 Å². The number of carbonyl (C=O) groups excluding carboxylic acids is 2. The fourth-order valence-corrected chi connectivity index (χ4v) is 2.86. The van der Waals surface area contributed by atoms with E-state index in [4.69, 9.17) is 23.2 Å². The average molecular weight is 365 g/mol. The van der Waals surface area contributed by atoms with Gasteiger partial charge in [0.2, 0.25) is 5.91 Å². The van der Waals surface area contributed by atoms with E-state index < -0.39 is 5.91 Å². The van der Waals surface area contributed by atoms with Gasteiger partial charge in [-0.3, -0.25) is 9.59 Å². The zero-order chi connectivity index (χ0) is 17.9. The van der Waals surface area contributed by atoms with Gasteiger partial charge in [-0.25, -0.2) is 0 Å². The second-order valence-electron chi connectivity index (χ2n) is 5.63. The van der Waals surface area contributed by atoms with Crippen molar-refractivity contribution in [2.24, 2.45) is 0 Å². The minimum Gasteiger partial charge on any atom is -0.343 e. The normalized spacial score (nSPS) is 10.4. The van der Waals surface area contributed by atoms with Crippen LogP contribution in [0.25, 0.3) is 0 Å². The van der Waals surface area contributed by atoms with Gasteiger partial charge in [0.15, 0.2) is 0 Å². The van der Waals surface area contributed by atoms with Crippen LogP contribution in [0, 0.1) is 20.8 Å². The van der Waals surface area contributed by atoms with Gasteiger partial charge < -0.3 is 10.6 Å². The average Bonchev–Trinajstić information content (AvgIpc) is 2.50. The van der Waals surface area contributed by atoms with Gasteiger partial charge in [0, 0.05) is 10.7 Å². The van der Waals surface area contributed by atoms with Crippen LogP contribution in [0.1, 0.15) is 27.0 Å². The van der Waals surface area contributed by atoms with E-state index in [1.807, 2.05) is 32.9 Å². The Balaban J connectivity index is 2.01. The third kappa shape index (κ3) is 4.49. The van der Waals surface area contributed by atoms with Gasteiger partial charge in [-0.05, 0) is 50.1 Å². The molecule has 0 radical (unpaired) electrons. The predicted molar refractivity (Wildman–Crippen MR) is 98.1 cm³/mol. The van der Waals surface area contributed by atoms with Gasteiger partial charge in [0.25, 0.3) is 5.91 Å². The van der Waals surface area contributed by atoms with Crippen molar-refractivity contribution in [3.63, 3.8) is 0 Å². The van der Waals surface area contributed by atoms with Crippen molar-refractivity contribution in [2.45, 2.75) is 20.8 Å². The quantitative estimate of drug-likeness (QED) is 0.849. The van der Waals surface area contributed by atoms with Crippen molar-refractivity contribution in [3.8, 4) is 0 Å². The van der Waals surface area contributed by atoms with E-state index in [1.54, 1.807) is 6.07 Å². The Morgan fingerprint density at radius 2 is 1.62 bits per heavy atom. The van der Waals surface area contributed by atoms with Gasteiger partial charge in [0.05, 0.1) is 17.1 Å². The molecule has 0 saturated heterocycles. The molecule has 0 bridgehead atoms. The molecule has 0 atom stereocenters. The Morgan fingerprint density at radius 1 is 1.00 bits per heavy atom. The van der Waals surface area contributed by atoms with Crippen molar-refractivity contribution < 1.29 is 9.59 Å². The van der Waals surface area contributed by atoms with Crippen LogP contribution < -0.4 is 10.6 Å². The van der Waals surface area contributed by atoms with Crippen LogP contribution in [0.2, 0.25) is 10.0 Å². The Hall–Kier alpha value is -2.04. The maximum Gasteiger partial charge on any atom is 0.253 e. The summed E-state index contributed by atoms with van der Waals surface area (Å²) >= 11 is 11.8. The Bertz CT molecular complexity index is 781. The molecule has 126 valence electrons. The molecule has 24 heavy (non-hydrogen) atoms. The zero-order valence-corrected chi connectivity index (χ0v) is 15.2. The fourth-order valence-electron chi connectivity index (χ4n) is 2.49. The Labute approximate surface area is 151 Å². The number of hydrogen-bond acceptors (Lipinski definition) is 2. The molecule has 0 aromatic heterocycles. The number of carbonyl (C=O) groups is 2. The molecule has 0 aliphatic carbocycles. The molecule has 0 heterocycles. The van der Waals surface area contributed by atoms with Gasteiger partial charge in [-0.15, -0.1) is 0 Å². The molecule has 0 aliphatic rings. The lowest BCUT2D eigenvalue weighted by molar-refractivity contribution is -0.115. The molecule has 6 heteroatoms. The molecule has 0 unspecified atom stereocenters. The predicted octanol–water partition coefficient (Wildman–Crippen LogP) is 4.29. The molecular weight excluding hydrogens is 347 g/mol. The molecule has 2 aromatic rings. The highest BCUT2D eigenvalue weighted by Gasteiger charge is 2.13. The van der Waals surface area contributed by atoms with Crippen LogP contribution in [0.4, 0.5) is 5.69 Å². The minimum absolute atomic E-state index is 0.158. The van der Waals surface area contributed by atoms with Crippen LogP contribution in [-0.4, -0.2) is 18.4 Å². The van der Waals surface area contributed by atoms with Crippen molar-refractivity contribution in [1.82, 2.24) is 5.32 Å². The van der Waals surface area contributed by atoms with E-state index in [0.717, 1.165) is 22.4 Å². The summed E-state index contributed by atoms with van der Waals surface area (Å²) in [5.41, 5.74) is 4.09. The molecule has 2 amide bonds. The summed E-state index contributed by atoms with van der Waals surface area (Å²) < 4.78 is 0. The second-order valence-corrected chi connectivity index (χ2v) is 6.47. The number of anilines is 1. The summed E-state index contributed by atoms with van der Waals surface area (Å²) in [5, 5.41) is 6.05. The Kier molecular flexibility index (Phi) is 5.86. The number of hydrogen-bond donors (Lipinski definition) is 2. The molecule has 2 rings (SSSR count). The van der Waals surface area contributed by atoms with Crippen LogP contribution >= 0.6 is 23.2 Å². The zero-order valence-electron chi connectivity index (χ0n) is 13.7. The smallest absolute Gasteiger partial charge is 0.253 e. The number of benzene rings is 2. The number of aryl methyl sites for hydroxylation is 3. The SMILES string of the molecule is Cc1cc(C)c(NC(=O)CNC(=O)c2cc(Cl)ccc2Cl)c(C)c1. The number of rotatable bonds is 4. The summed E-state index contributed by atoms with van der Waals surface area (Å²) in [4.78, 5) is 24.2. The molecule has 0 spiro atoms. The summed E-state index contributed by atoms with van der Waals surface area (Å²) in [6.07, 6.45) is 0. The topological polar surface area (TPSA) is 58.2 Å². The lowest BCUT2D eigenvalue weighted by Gasteiger charge is -2.13. The highest BCUT2D eigenvalue weighted by molar-refractivity contribution is 6.35. The van der Waals surface area contributed by atoms with E-state index in [1.165, 1.54) is 12.1 Å². The van der Waals surface area contributed by atoms with Crippen molar-refractivity contribution >= 4 is 40.7 Å². The van der Waals surface area contributed by atoms with Crippen molar-refractivity contribution in [3.05, 3.63) is 62.6 Å². The van der Waals surface area contributed by atoms with Gasteiger partial charge >= 0.3 is 0 Å². The maximum absolute atomic E-state index is 12.1. The lowest BCUT2D eigenvalue weighted by Crippen LogP contribution is -2.33. The standard InChI is InChI=1S/C18H18Cl2N2O2/c1-10-6-11(2)17(12(3)7-10)22-16(23)9-21-18(24)14-8-13(19)4-5-15(14)20/h4-8H,9H2,1-3H3,(H,21,24)(H,22,23). The number of nitrogens with one attached hydrogen (secondary N) is 2. The first-order valence-corrected chi connectivity index (χ1v) is 8.14. The first-order chi connectivity index (χ1) is 11.3. The largest absolute Gasteiger partial charge is 0.343 e. The summed E-state index contributed by atoms with van der Waals surface area (Å²) in [5.74, 6) is -0.758. The van der Waals surface area contributed by atoms with E-state index in [2.05, 4.69) is 10.6 Å². The third-order valence-electron chi connectivity index (χ3n) is 3.52. The molecular formula is C18H18Cl2N2O2. The molecule has 0 aliphatic heterocycles. The highest BCUT2D eigenvalue weighted by atomic mass is 35.5. The minimum atomic E-state index is -0.449. The summed E-state index contributed by atoms with van der Waals surface area (Å²) in [6.45, 7) is 5.70. The molecule has 4 nitrogen and oxygen atoms in total. The van der Waals surface area contributed by atoms with Gasteiger partial charge in [-0.1, -0.05) is 40.9 Å². The van der Waals surface area contributed by atoms with Gasteiger partial charge in [0.1, 0.15) is 0 Å². The second kappa shape index (κ2) is 7.69. The first-order valence-electron chi connectivity index (χ1n) is 7.39. The first kappa shape index (κ1) is 18.3.